The largest absolute Gasteiger partial charge is 0.350 e. The average Bonchev–Trinajstić information content (AvgIpc) is 3.17. The van der Waals surface area contributed by atoms with E-state index in [-0.39, 0.29) is 17.3 Å². The van der Waals surface area contributed by atoms with Crippen LogP contribution in [-0.4, -0.2) is 20.9 Å². The Bertz CT molecular complexity index is 969. The van der Waals surface area contributed by atoms with Gasteiger partial charge in [-0.15, -0.1) is 11.3 Å². The third kappa shape index (κ3) is 4.00. The molecule has 134 valence electrons. The second-order valence-corrected chi connectivity index (χ2v) is 8.66. The molecule has 3 aromatic rings. The Morgan fingerprint density at radius 2 is 1.69 bits per heavy atom. The number of benzene rings is 2. The minimum atomic E-state index is -3.81. The Balaban J connectivity index is 1.91. The van der Waals surface area contributed by atoms with Crippen LogP contribution in [0.4, 0.5) is 4.39 Å². The van der Waals surface area contributed by atoms with Crippen molar-refractivity contribution in [3.8, 4) is 0 Å². The average molecular weight is 389 g/mol. The molecule has 0 radical (unpaired) electrons. The van der Waals surface area contributed by atoms with E-state index < -0.39 is 20.9 Å². The van der Waals surface area contributed by atoms with Crippen LogP contribution in [0.1, 0.15) is 20.5 Å². The highest BCUT2D eigenvalue weighted by atomic mass is 32.2. The summed E-state index contributed by atoms with van der Waals surface area (Å²) in [4.78, 5) is 12.7. The van der Waals surface area contributed by atoms with E-state index in [2.05, 4.69) is 5.32 Å². The van der Waals surface area contributed by atoms with Gasteiger partial charge in [0.1, 0.15) is 11.1 Å². The third-order valence-electron chi connectivity index (χ3n) is 3.88. The van der Waals surface area contributed by atoms with E-state index in [1.807, 2.05) is 0 Å². The van der Waals surface area contributed by atoms with Gasteiger partial charge in [0.2, 0.25) is 0 Å². The fraction of sp³-hybridized carbons (Fsp3) is 0.105. The Morgan fingerprint density at radius 1 is 1.00 bits per heavy atom. The number of amides is 1. The normalized spacial score (nSPS) is 12.5. The first-order chi connectivity index (χ1) is 12.5. The lowest BCUT2D eigenvalue weighted by molar-refractivity contribution is 0.0957. The van der Waals surface area contributed by atoms with Gasteiger partial charge in [-0.1, -0.05) is 36.4 Å². The van der Waals surface area contributed by atoms with Gasteiger partial charge in [-0.3, -0.25) is 4.79 Å². The summed E-state index contributed by atoms with van der Waals surface area (Å²) in [6.07, 6.45) is 0. The Kier molecular flexibility index (Phi) is 5.49. The summed E-state index contributed by atoms with van der Waals surface area (Å²) in [7, 11) is -3.81. The van der Waals surface area contributed by atoms with Crippen molar-refractivity contribution in [2.24, 2.45) is 0 Å². The molecule has 4 nitrogen and oxygen atoms in total. The monoisotopic (exact) mass is 389 g/mol. The second-order valence-electron chi connectivity index (χ2n) is 5.59. The quantitative estimate of drug-likeness (QED) is 0.652. The first kappa shape index (κ1) is 18.3. The molecule has 26 heavy (non-hydrogen) atoms. The molecule has 0 fully saturated rings. The molecule has 1 amide bonds. The number of nitrogens with one attached hydrogen (secondary N) is 1. The molecule has 0 spiro atoms. The molecule has 2 aromatic carbocycles. The van der Waals surface area contributed by atoms with Gasteiger partial charge in [-0.05, 0) is 41.3 Å². The fourth-order valence-electron chi connectivity index (χ4n) is 2.54. The van der Waals surface area contributed by atoms with Crippen molar-refractivity contribution in [3.05, 3.63) is 88.4 Å². The number of hydrogen-bond acceptors (Lipinski definition) is 4. The zero-order chi connectivity index (χ0) is 18.6. The van der Waals surface area contributed by atoms with Crippen LogP contribution in [0.15, 0.2) is 77.0 Å². The van der Waals surface area contributed by atoms with Gasteiger partial charge in [0.05, 0.1) is 9.77 Å². The summed E-state index contributed by atoms with van der Waals surface area (Å²) >= 11 is 1.28. The minimum absolute atomic E-state index is 0.0122. The predicted octanol–water partition coefficient (Wildman–Crippen LogP) is 3.83. The standard InChI is InChI=1S/C19H16FNO3S2/c20-15-8-10-16(11-9-15)26(23,24)18(14-5-2-1-3-6-14)13-21-19(22)17-7-4-12-25-17/h1-12,18H,13H2,(H,21,22). The predicted molar refractivity (Wildman–Crippen MR) is 99.4 cm³/mol. The first-order valence-electron chi connectivity index (χ1n) is 7.84. The molecule has 1 aromatic heterocycles. The molecule has 0 aliphatic carbocycles. The Labute approximate surface area is 155 Å². The molecule has 1 atom stereocenters. The van der Waals surface area contributed by atoms with Crippen LogP contribution in [0, 0.1) is 5.82 Å². The Morgan fingerprint density at radius 3 is 2.31 bits per heavy atom. The van der Waals surface area contributed by atoms with Gasteiger partial charge in [0, 0.05) is 6.54 Å². The molecule has 0 aliphatic heterocycles. The van der Waals surface area contributed by atoms with Crippen molar-refractivity contribution in [1.82, 2.24) is 5.32 Å². The number of carbonyl (C=O) groups is 1. The van der Waals surface area contributed by atoms with Gasteiger partial charge >= 0.3 is 0 Å². The number of hydrogen-bond donors (Lipinski definition) is 1. The van der Waals surface area contributed by atoms with Crippen LogP contribution in [0.25, 0.3) is 0 Å². The maximum absolute atomic E-state index is 13.2. The van der Waals surface area contributed by atoms with E-state index >= 15 is 0 Å². The molecule has 1 unspecified atom stereocenters. The second kappa shape index (κ2) is 7.80. The summed E-state index contributed by atoms with van der Waals surface area (Å²) in [5.41, 5.74) is 0.559. The molecule has 0 aliphatic rings. The maximum Gasteiger partial charge on any atom is 0.261 e. The van der Waals surface area contributed by atoms with Gasteiger partial charge in [-0.2, -0.15) is 0 Å². The molecule has 3 rings (SSSR count). The lowest BCUT2D eigenvalue weighted by atomic mass is 10.1. The zero-order valence-electron chi connectivity index (χ0n) is 13.6. The van der Waals surface area contributed by atoms with Crippen molar-refractivity contribution >= 4 is 27.1 Å². The molecular formula is C19H16FNO3S2. The summed E-state index contributed by atoms with van der Waals surface area (Å²) in [6.45, 7) is -0.0829. The van der Waals surface area contributed by atoms with Crippen molar-refractivity contribution < 1.29 is 17.6 Å². The van der Waals surface area contributed by atoms with Gasteiger partial charge in [0.25, 0.3) is 5.91 Å². The Hall–Kier alpha value is -2.51. The number of thiophene rings is 1. The molecule has 0 saturated carbocycles. The van der Waals surface area contributed by atoms with E-state index in [9.17, 15) is 17.6 Å². The molecule has 0 bridgehead atoms. The number of halogens is 1. The van der Waals surface area contributed by atoms with Crippen molar-refractivity contribution in [2.75, 3.05) is 6.54 Å². The first-order valence-corrected chi connectivity index (χ1v) is 10.3. The number of rotatable bonds is 6. The van der Waals surface area contributed by atoms with Gasteiger partial charge in [-0.25, -0.2) is 12.8 Å². The van der Waals surface area contributed by atoms with E-state index in [1.165, 1.54) is 23.5 Å². The lowest BCUT2D eigenvalue weighted by Crippen LogP contribution is -2.31. The van der Waals surface area contributed by atoms with Crippen LogP contribution < -0.4 is 5.32 Å². The van der Waals surface area contributed by atoms with E-state index in [0.29, 0.717) is 10.4 Å². The molecule has 1 heterocycles. The van der Waals surface area contributed by atoms with Crippen molar-refractivity contribution in [3.63, 3.8) is 0 Å². The number of sulfone groups is 1. The highest BCUT2D eigenvalue weighted by Gasteiger charge is 2.29. The minimum Gasteiger partial charge on any atom is -0.350 e. The highest BCUT2D eigenvalue weighted by Crippen LogP contribution is 2.28. The summed E-state index contributed by atoms with van der Waals surface area (Å²) in [5, 5.41) is 3.49. The topological polar surface area (TPSA) is 63.2 Å². The van der Waals surface area contributed by atoms with E-state index in [4.69, 9.17) is 0 Å². The van der Waals surface area contributed by atoms with Crippen LogP contribution in [0.3, 0.4) is 0 Å². The van der Waals surface area contributed by atoms with Gasteiger partial charge in [0.15, 0.2) is 9.84 Å². The molecule has 7 heteroatoms. The number of carbonyl (C=O) groups excluding carboxylic acids is 1. The molecule has 1 N–H and O–H groups in total. The van der Waals surface area contributed by atoms with Gasteiger partial charge < -0.3 is 5.32 Å². The fourth-order valence-corrected chi connectivity index (χ4v) is 4.85. The third-order valence-corrected chi connectivity index (χ3v) is 6.87. The lowest BCUT2D eigenvalue weighted by Gasteiger charge is -2.19. The van der Waals surface area contributed by atoms with Crippen molar-refractivity contribution in [1.29, 1.82) is 0 Å². The van der Waals surface area contributed by atoms with Crippen LogP contribution in [0.2, 0.25) is 0 Å². The van der Waals surface area contributed by atoms with E-state index in [1.54, 1.807) is 47.8 Å². The SMILES string of the molecule is O=C(NCC(c1ccccc1)S(=O)(=O)c1ccc(F)cc1)c1cccs1. The van der Waals surface area contributed by atoms with Crippen LogP contribution in [0.5, 0.6) is 0 Å². The molecule has 0 saturated heterocycles. The molecular weight excluding hydrogens is 373 g/mol. The van der Waals surface area contributed by atoms with E-state index in [0.717, 1.165) is 12.1 Å². The maximum atomic E-state index is 13.2. The van der Waals surface area contributed by atoms with Crippen LogP contribution in [-0.2, 0) is 9.84 Å². The summed E-state index contributed by atoms with van der Waals surface area (Å²) in [6, 6.07) is 16.8. The smallest absolute Gasteiger partial charge is 0.261 e. The van der Waals surface area contributed by atoms with Crippen molar-refractivity contribution in [2.45, 2.75) is 10.1 Å². The summed E-state index contributed by atoms with van der Waals surface area (Å²) < 4.78 is 39.3. The zero-order valence-corrected chi connectivity index (χ0v) is 15.3. The van der Waals surface area contributed by atoms with Crippen LogP contribution >= 0.6 is 11.3 Å². The summed E-state index contributed by atoms with van der Waals surface area (Å²) in [5.74, 6) is -0.832. The highest BCUT2D eigenvalue weighted by molar-refractivity contribution is 7.91.